The first kappa shape index (κ1) is 20.0. The van der Waals surface area contributed by atoms with Crippen molar-refractivity contribution in [3.63, 3.8) is 0 Å². The molecular formula is C22H29NO3. The van der Waals surface area contributed by atoms with Gasteiger partial charge in [0.1, 0.15) is 5.75 Å². The van der Waals surface area contributed by atoms with Gasteiger partial charge in [-0.05, 0) is 37.0 Å². The van der Waals surface area contributed by atoms with Gasteiger partial charge in [-0.2, -0.15) is 0 Å². The van der Waals surface area contributed by atoms with Crippen LogP contribution in [-0.4, -0.2) is 17.6 Å². The Bertz CT molecular complexity index is 699. The Balaban J connectivity index is 2.00. The number of carbonyl (C=O) groups is 1. The van der Waals surface area contributed by atoms with Gasteiger partial charge in [0.15, 0.2) is 0 Å². The molecule has 0 amide bonds. The highest BCUT2D eigenvalue weighted by Gasteiger charge is 2.12. The molecule has 0 aliphatic heterocycles. The normalized spacial score (nSPS) is 11.8. The predicted octanol–water partition coefficient (Wildman–Crippen LogP) is 5.66. The van der Waals surface area contributed by atoms with Crippen LogP contribution in [0.1, 0.15) is 52.9 Å². The van der Waals surface area contributed by atoms with E-state index in [-0.39, 0.29) is 5.97 Å². The van der Waals surface area contributed by atoms with Crippen LogP contribution in [0.4, 0.5) is 0 Å². The zero-order valence-corrected chi connectivity index (χ0v) is 16.0. The Morgan fingerprint density at radius 1 is 1.15 bits per heavy atom. The van der Waals surface area contributed by atoms with Crippen LogP contribution >= 0.6 is 0 Å². The van der Waals surface area contributed by atoms with Crippen LogP contribution in [0.15, 0.2) is 42.6 Å². The number of hydrogen-bond donors (Lipinski definition) is 0. The van der Waals surface area contributed by atoms with Gasteiger partial charge >= 0.3 is 5.97 Å². The number of nitrogens with zero attached hydrogens (tertiary/aromatic N) is 1. The molecule has 0 bridgehead atoms. The standard InChI is InChI=1S/C22H29NO3/c1-4-17(3)10-6-9-13-22(24)26-20-12-8-7-11-19(20)18-14-15-23-21(16-18)25-5-2/h7-8,11-12,14-17H,4-6,9-10,13H2,1-3H3. The van der Waals surface area contributed by atoms with Crippen LogP contribution in [0, 0.1) is 5.92 Å². The SMILES string of the molecule is CCOc1cc(-c2ccccc2OC(=O)CCCCC(C)CC)ccn1. The lowest BCUT2D eigenvalue weighted by Gasteiger charge is -2.11. The Labute approximate surface area is 156 Å². The van der Waals surface area contributed by atoms with E-state index in [1.54, 1.807) is 6.20 Å². The summed E-state index contributed by atoms with van der Waals surface area (Å²) in [6.45, 7) is 6.93. The third kappa shape index (κ3) is 6.17. The number of carbonyl (C=O) groups excluding carboxylic acids is 1. The number of ether oxygens (including phenoxy) is 2. The average molecular weight is 355 g/mol. The Morgan fingerprint density at radius 2 is 1.96 bits per heavy atom. The zero-order valence-electron chi connectivity index (χ0n) is 16.0. The van der Waals surface area contributed by atoms with Crippen LogP contribution in [0.3, 0.4) is 0 Å². The van der Waals surface area contributed by atoms with Gasteiger partial charge < -0.3 is 9.47 Å². The molecule has 0 saturated heterocycles. The van der Waals surface area contributed by atoms with Crippen LogP contribution in [-0.2, 0) is 4.79 Å². The highest BCUT2D eigenvalue weighted by molar-refractivity contribution is 5.78. The first-order valence-corrected chi connectivity index (χ1v) is 9.53. The Morgan fingerprint density at radius 3 is 2.73 bits per heavy atom. The Hall–Kier alpha value is -2.36. The molecular weight excluding hydrogens is 326 g/mol. The lowest BCUT2D eigenvalue weighted by Crippen LogP contribution is -2.08. The van der Waals surface area contributed by atoms with E-state index in [0.717, 1.165) is 36.3 Å². The molecule has 140 valence electrons. The Kier molecular flexibility index (Phi) is 8.13. The summed E-state index contributed by atoms with van der Waals surface area (Å²) >= 11 is 0. The molecule has 4 nitrogen and oxygen atoms in total. The fraction of sp³-hybridized carbons (Fsp3) is 0.455. The molecule has 0 spiro atoms. The van der Waals surface area contributed by atoms with E-state index >= 15 is 0 Å². The minimum Gasteiger partial charge on any atom is -0.478 e. The number of hydrogen-bond acceptors (Lipinski definition) is 4. The van der Waals surface area contributed by atoms with Crippen molar-refractivity contribution in [1.82, 2.24) is 4.98 Å². The molecule has 1 aromatic carbocycles. The van der Waals surface area contributed by atoms with Crippen molar-refractivity contribution >= 4 is 5.97 Å². The molecule has 0 aliphatic carbocycles. The van der Waals surface area contributed by atoms with Gasteiger partial charge in [-0.1, -0.05) is 51.3 Å². The molecule has 4 heteroatoms. The molecule has 1 heterocycles. The number of aromatic nitrogens is 1. The number of unbranched alkanes of at least 4 members (excludes halogenated alkanes) is 1. The summed E-state index contributed by atoms with van der Waals surface area (Å²) in [7, 11) is 0. The highest BCUT2D eigenvalue weighted by Crippen LogP contribution is 2.31. The summed E-state index contributed by atoms with van der Waals surface area (Å²) in [6, 6.07) is 11.3. The third-order valence-corrected chi connectivity index (χ3v) is 4.47. The lowest BCUT2D eigenvalue weighted by atomic mass is 10.0. The fourth-order valence-electron chi connectivity index (χ4n) is 2.74. The van der Waals surface area contributed by atoms with Gasteiger partial charge in [0.05, 0.1) is 6.61 Å². The molecule has 0 radical (unpaired) electrons. The summed E-state index contributed by atoms with van der Waals surface area (Å²) in [5.41, 5.74) is 1.78. The summed E-state index contributed by atoms with van der Waals surface area (Å²) < 4.78 is 11.1. The number of esters is 1. The van der Waals surface area contributed by atoms with Crippen LogP contribution in [0.2, 0.25) is 0 Å². The second-order valence-electron chi connectivity index (χ2n) is 6.55. The molecule has 0 N–H and O–H groups in total. The number of benzene rings is 1. The first-order valence-electron chi connectivity index (χ1n) is 9.53. The van der Waals surface area contributed by atoms with Crippen molar-refractivity contribution in [1.29, 1.82) is 0 Å². The van der Waals surface area contributed by atoms with Gasteiger partial charge in [-0.15, -0.1) is 0 Å². The minimum atomic E-state index is -0.180. The lowest BCUT2D eigenvalue weighted by molar-refractivity contribution is -0.134. The van der Waals surface area contributed by atoms with Crippen LogP contribution in [0.25, 0.3) is 11.1 Å². The highest BCUT2D eigenvalue weighted by atomic mass is 16.5. The molecule has 0 aliphatic rings. The summed E-state index contributed by atoms with van der Waals surface area (Å²) in [6.07, 6.45) is 6.44. The van der Waals surface area contributed by atoms with E-state index in [1.165, 1.54) is 6.42 Å². The fourth-order valence-corrected chi connectivity index (χ4v) is 2.74. The van der Waals surface area contributed by atoms with E-state index in [0.29, 0.717) is 24.7 Å². The maximum atomic E-state index is 12.2. The predicted molar refractivity (Wildman–Crippen MR) is 104 cm³/mol. The molecule has 1 aromatic heterocycles. The summed E-state index contributed by atoms with van der Waals surface area (Å²) in [5.74, 6) is 1.68. The van der Waals surface area contributed by atoms with Crippen molar-refractivity contribution in [2.75, 3.05) is 6.61 Å². The van der Waals surface area contributed by atoms with Gasteiger partial charge in [-0.25, -0.2) is 4.98 Å². The maximum absolute atomic E-state index is 12.2. The van der Waals surface area contributed by atoms with Crippen molar-refractivity contribution in [2.45, 2.75) is 52.9 Å². The van der Waals surface area contributed by atoms with Crippen molar-refractivity contribution in [3.8, 4) is 22.8 Å². The topological polar surface area (TPSA) is 48.4 Å². The molecule has 0 saturated carbocycles. The molecule has 2 aromatic rings. The third-order valence-electron chi connectivity index (χ3n) is 4.47. The quantitative estimate of drug-likeness (QED) is 0.313. The molecule has 2 rings (SSSR count). The maximum Gasteiger partial charge on any atom is 0.311 e. The van der Waals surface area contributed by atoms with E-state index in [9.17, 15) is 4.79 Å². The average Bonchev–Trinajstić information content (AvgIpc) is 2.66. The minimum absolute atomic E-state index is 0.180. The second-order valence-corrected chi connectivity index (χ2v) is 6.55. The number of rotatable bonds is 10. The monoisotopic (exact) mass is 355 g/mol. The van der Waals surface area contributed by atoms with E-state index in [2.05, 4.69) is 18.8 Å². The van der Waals surface area contributed by atoms with Crippen LogP contribution in [0.5, 0.6) is 11.6 Å². The largest absolute Gasteiger partial charge is 0.478 e. The van der Waals surface area contributed by atoms with Crippen LogP contribution < -0.4 is 9.47 Å². The summed E-state index contributed by atoms with van der Waals surface area (Å²) in [4.78, 5) is 16.4. The first-order chi connectivity index (χ1) is 12.6. The smallest absolute Gasteiger partial charge is 0.311 e. The van der Waals surface area contributed by atoms with Crippen molar-refractivity contribution in [2.24, 2.45) is 5.92 Å². The van der Waals surface area contributed by atoms with Crippen molar-refractivity contribution in [3.05, 3.63) is 42.6 Å². The zero-order chi connectivity index (χ0) is 18.8. The van der Waals surface area contributed by atoms with Crippen molar-refractivity contribution < 1.29 is 14.3 Å². The van der Waals surface area contributed by atoms with E-state index in [1.807, 2.05) is 43.3 Å². The van der Waals surface area contributed by atoms with E-state index in [4.69, 9.17) is 9.47 Å². The van der Waals surface area contributed by atoms with Gasteiger partial charge in [0, 0.05) is 24.2 Å². The molecule has 1 unspecified atom stereocenters. The molecule has 0 fully saturated rings. The summed E-state index contributed by atoms with van der Waals surface area (Å²) in [5, 5.41) is 0. The van der Waals surface area contributed by atoms with Gasteiger partial charge in [0.2, 0.25) is 5.88 Å². The second kappa shape index (κ2) is 10.6. The molecule has 26 heavy (non-hydrogen) atoms. The van der Waals surface area contributed by atoms with Gasteiger partial charge in [0.25, 0.3) is 0 Å². The number of pyridine rings is 1. The van der Waals surface area contributed by atoms with E-state index < -0.39 is 0 Å². The molecule has 1 atom stereocenters. The number of para-hydroxylation sites is 1. The van der Waals surface area contributed by atoms with Gasteiger partial charge in [-0.3, -0.25) is 4.79 Å².